The van der Waals surface area contributed by atoms with Crippen molar-refractivity contribution in [3.63, 3.8) is 0 Å². The topological polar surface area (TPSA) is 112 Å². The molecule has 0 saturated heterocycles. The lowest BCUT2D eigenvalue weighted by molar-refractivity contribution is -0.143. The van der Waals surface area contributed by atoms with Crippen LogP contribution in [0.2, 0.25) is 0 Å². The van der Waals surface area contributed by atoms with Gasteiger partial charge < -0.3 is 15.8 Å². The number of nitrogens with zero attached hydrogens (tertiary/aromatic N) is 3. The second kappa shape index (κ2) is 8.19. The number of carbonyl (C=O) groups excluding carboxylic acids is 2. The van der Waals surface area contributed by atoms with Gasteiger partial charge in [0.25, 0.3) is 11.8 Å². The summed E-state index contributed by atoms with van der Waals surface area (Å²) in [5.41, 5.74) is 2.62. The zero-order valence-electron chi connectivity index (χ0n) is 15.0. The number of nitrogens with two attached hydrogens (primary N) is 1. The van der Waals surface area contributed by atoms with Crippen LogP contribution in [0.15, 0.2) is 48.5 Å². The molecule has 3 rings (SSSR count). The Kier molecular flexibility index (Phi) is 5.67. The van der Waals surface area contributed by atoms with E-state index in [1.807, 2.05) is 0 Å². The maximum absolute atomic E-state index is 13.6. The molecule has 156 valence electrons. The number of benzene rings is 2. The van der Waals surface area contributed by atoms with Crippen LogP contribution in [-0.4, -0.2) is 33.4 Å². The fraction of sp³-hybridized carbons (Fsp3) is 0.111. The van der Waals surface area contributed by atoms with Gasteiger partial charge in [-0.25, -0.2) is 9.07 Å². The number of rotatable bonds is 6. The maximum Gasteiger partial charge on any atom is 0.435 e. The summed E-state index contributed by atoms with van der Waals surface area (Å²) >= 11 is 0. The van der Waals surface area contributed by atoms with E-state index in [-0.39, 0.29) is 23.7 Å². The van der Waals surface area contributed by atoms with Crippen LogP contribution >= 0.6 is 0 Å². The zero-order valence-corrected chi connectivity index (χ0v) is 15.0. The first kappa shape index (κ1) is 20.8. The molecule has 3 N–H and O–H groups in total. The number of amides is 2. The van der Waals surface area contributed by atoms with Crippen LogP contribution in [0.1, 0.15) is 16.2 Å². The fourth-order valence-corrected chi connectivity index (χ4v) is 2.43. The fourth-order valence-electron chi connectivity index (χ4n) is 2.43. The Morgan fingerprint density at radius 3 is 2.27 bits per heavy atom. The number of anilines is 1. The van der Waals surface area contributed by atoms with Crippen LogP contribution in [0.4, 0.5) is 23.2 Å². The van der Waals surface area contributed by atoms with E-state index in [1.165, 1.54) is 24.3 Å². The van der Waals surface area contributed by atoms with E-state index in [4.69, 9.17) is 10.5 Å². The first-order chi connectivity index (χ1) is 14.1. The molecule has 0 spiro atoms. The summed E-state index contributed by atoms with van der Waals surface area (Å²) in [6, 6.07) is 9.55. The molecular weight excluding hydrogens is 410 g/mol. The van der Waals surface area contributed by atoms with Crippen molar-refractivity contribution in [1.82, 2.24) is 15.0 Å². The third-order valence-electron chi connectivity index (χ3n) is 3.72. The Morgan fingerprint density at radius 1 is 1.07 bits per heavy atom. The molecule has 1 heterocycles. The van der Waals surface area contributed by atoms with Crippen molar-refractivity contribution < 1.29 is 31.9 Å². The third-order valence-corrected chi connectivity index (χ3v) is 3.72. The number of nitrogens with one attached hydrogen (secondary N) is 1. The molecule has 0 fully saturated rings. The van der Waals surface area contributed by atoms with E-state index in [9.17, 15) is 27.2 Å². The lowest BCUT2D eigenvalue weighted by atomic mass is 10.2. The maximum atomic E-state index is 13.6. The molecule has 8 nitrogen and oxygen atoms in total. The Hall–Kier alpha value is -3.96. The second-order valence-electron chi connectivity index (χ2n) is 5.91. The molecule has 0 aliphatic carbocycles. The molecule has 2 aromatic carbocycles. The van der Waals surface area contributed by atoms with E-state index in [0.717, 1.165) is 24.3 Å². The highest BCUT2D eigenvalue weighted by atomic mass is 19.4. The number of primary amides is 1. The van der Waals surface area contributed by atoms with Crippen molar-refractivity contribution in [2.24, 2.45) is 5.73 Å². The van der Waals surface area contributed by atoms with E-state index in [2.05, 4.69) is 15.6 Å². The van der Waals surface area contributed by atoms with E-state index in [1.54, 1.807) is 0 Å². The van der Waals surface area contributed by atoms with Gasteiger partial charge in [-0.05, 0) is 48.5 Å². The van der Waals surface area contributed by atoms with Crippen molar-refractivity contribution in [2.75, 3.05) is 11.9 Å². The highest BCUT2D eigenvalue weighted by molar-refractivity contribution is 6.03. The number of aromatic nitrogens is 3. The van der Waals surface area contributed by atoms with E-state index in [0.29, 0.717) is 4.68 Å². The highest BCUT2D eigenvalue weighted by Gasteiger charge is 2.42. The van der Waals surface area contributed by atoms with Gasteiger partial charge in [-0.2, -0.15) is 13.2 Å². The standard InChI is InChI=1S/C18H13F4N5O3/c19-10-1-5-12(6-2-10)27-16(18(20,21)22)15(25-26-27)17(29)24-11-3-7-13(8-4-11)30-9-14(23)28/h1-8H,9H2,(H2,23,28)(H,24,29). The van der Waals surface area contributed by atoms with Gasteiger partial charge in [-0.15, -0.1) is 5.10 Å². The normalized spacial score (nSPS) is 11.2. The molecule has 1 aromatic heterocycles. The first-order valence-electron chi connectivity index (χ1n) is 8.26. The molecule has 12 heteroatoms. The first-order valence-corrected chi connectivity index (χ1v) is 8.26. The summed E-state index contributed by atoms with van der Waals surface area (Å²) in [6.07, 6.45) is -4.96. The van der Waals surface area contributed by atoms with E-state index >= 15 is 0 Å². The average molecular weight is 423 g/mol. The molecule has 0 saturated carbocycles. The smallest absolute Gasteiger partial charge is 0.435 e. The van der Waals surface area contributed by atoms with Gasteiger partial charge >= 0.3 is 6.18 Å². The SMILES string of the molecule is NC(=O)COc1ccc(NC(=O)c2nnn(-c3ccc(F)cc3)c2C(F)(F)F)cc1. The predicted octanol–water partition coefficient (Wildman–Crippen LogP) is 2.54. The highest BCUT2D eigenvalue weighted by Crippen LogP contribution is 2.33. The van der Waals surface area contributed by atoms with Crippen LogP contribution in [0.5, 0.6) is 5.75 Å². The van der Waals surface area contributed by atoms with Gasteiger partial charge in [0, 0.05) is 5.69 Å². The van der Waals surface area contributed by atoms with Crippen molar-refractivity contribution in [3.8, 4) is 11.4 Å². The number of hydrogen-bond donors (Lipinski definition) is 2. The summed E-state index contributed by atoms with van der Waals surface area (Å²) in [5, 5.41) is 9.03. The summed E-state index contributed by atoms with van der Waals surface area (Å²) in [5.74, 6) is -2.21. The monoisotopic (exact) mass is 423 g/mol. The van der Waals surface area contributed by atoms with Gasteiger partial charge in [0.2, 0.25) is 0 Å². The third kappa shape index (κ3) is 4.71. The van der Waals surface area contributed by atoms with Crippen molar-refractivity contribution in [1.29, 1.82) is 0 Å². The summed E-state index contributed by atoms with van der Waals surface area (Å²) in [4.78, 5) is 23.1. The quantitative estimate of drug-likeness (QED) is 0.592. The Balaban J connectivity index is 1.85. The van der Waals surface area contributed by atoms with Crippen LogP contribution < -0.4 is 15.8 Å². The van der Waals surface area contributed by atoms with Gasteiger partial charge in [0.1, 0.15) is 11.6 Å². The Morgan fingerprint density at radius 2 is 1.70 bits per heavy atom. The minimum atomic E-state index is -4.96. The average Bonchev–Trinajstić information content (AvgIpc) is 3.14. The van der Waals surface area contributed by atoms with Gasteiger partial charge in [-0.1, -0.05) is 5.21 Å². The molecule has 0 unspecified atom stereocenters. The Labute approximate surface area is 166 Å². The number of alkyl halides is 3. The molecular formula is C18H13F4N5O3. The largest absolute Gasteiger partial charge is 0.484 e. The molecule has 0 aliphatic heterocycles. The predicted molar refractivity (Wildman–Crippen MR) is 95.4 cm³/mol. The number of halogens is 4. The van der Waals surface area contributed by atoms with Crippen molar-refractivity contribution in [3.05, 3.63) is 65.7 Å². The molecule has 0 radical (unpaired) electrons. The number of hydrogen-bond acceptors (Lipinski definition) is 5. The van der Waals surface area contributed by atoms with Crippen molar-refractivity contribution in [2.45, 2.75) is 6.18 Å². The summed E-state index contributed by atoms with van der Waals surface area (Å²) in [6.45, 7) is -0.354. The summed E-state index contributed by atoms with van der Waals surface area (Å²) in [7, 11) is 0. The van der Waals surface area contributed by atoms with Gasteiger partial charge in [0.05, 0.1) is 5.69 Å². The Bertz CT molecular complexity index is 1060. The lowest BCUT2D eigenvalue weighted by Gasteiger charge is -2.11. The van der Waals surface area contributed by atoms with Gasteiger partial charge in [0.15, 0.2) is 18.0 Å². The van der Waals surface area contributed by atoms with Crippen LogP contribution in [0.3, 0.4) is 0 Å². The summed E-state index contributed by atoms with van der Waals surface area (Å²) < 4.78 is 59.3. The van der Waals surface area contributed by atoms with Gasteiger partial charge in [-0.3, -0.25) is 9.59 Å². The second-order valence-corrected chi connectivity index (χ2v) is 5.91. The molecule has 0 aliphatic rings. The lowest BCUT2D eigenvalue weighted by Crippen LogP contribution is -2.21. The van der Waals surface area contributed by atoms with Crippen LogP contribution in [0.25, 0.3) is 5.69 Å². The van der Waals surface area contributed by atoms with Crippen molar-refractivity contribution >= 4 is 17.5 Å². The molecule has 0 atom stereocenters. The number of carbonyl (C=O) groups is 2. The molecule has 2 amide bonds. The number of ether oxygens (including phenoxy) is 1. The molecule has 30 heavy (non-hydrogen) atoms. The van der Waals surface area contributed by atoms with E-state index < -0.39 is 35.2 Å². The minimum Gasteiger partial charge on any atom is -0.484 e. The van der Waals surface area contributed by atoms with Crippen LogP contribution in [-0.2, 0) is 11.0 Å². The zero-order chi connectivity index (χ0) is 21.9. The molecule has 0 bridgehead atoms. The minimum absolute atomic E-state index is 0.119. The molecule has 3 aromatic rings. The van der Waals surface area contributed by atoms with Crippen LogP contribution in [0, 0.1) is 5.82 Å².